The van der Waals surface area contributed by atoms with Crippen molar-refractivity contribution in [1.82, 2.24) is 10.2 Å². The summed E-state index contributed by atoms with van der Waals surface area (Å²) >= 11 is 12.3. The normalized spacial score (nSPS) is 14.5. The van der Waals surface area contributed by atoms with Crippen LogP contribution >= 0.6 is 23.2 Å². The van der Waals surface area contributed by atoms with Gasteiger partial charge >= 0.3 is 0 Å². The topological polar surface area (TPSA) is 49.4 Å². The van der Waals surface area contributed by atoms with Gasteiger partial charge in [0.15, 0.2) is 0 Å². The minimum atomic E-state index is -0.642. The Morgan fingerprint density at radius 3 is 2.20 bits per heavy atom. The van der Waals surface area contributed by atoms with Crippen LogP contribution in [0.2, 0.25) is 10.0 Å². The number of benzene rings is 3. The first kappa shape index (κ1) is 25.3. The Morgan fingerprint density at radius 2 is 1.51 bits per heavy atom. The summed E-state index contributed by atoms with van der Waals surface area (Å²) in [5.41, 5.74) is 2.74. The van der Waals surface area contributed by atoms with Crippen molar-refractivity contribution in [3.63, 3.8) is 0 Å². The van der Waals surface area contributed by atoms with Crippen molar-refractivity contribution in [3.05, 3.63) is 106 Å². The molecule has 1 atom stereocenters. The number of amides is 2. The second-order valence-corrected chi connectivity index (χ2v) is 10.0. The SMILES string of the molecule is O=C(NC1CCCC1)C(Cc1ccccc1)N(Cc1cccc(Cl)c1)C(=O)Cc1ccc(Cl)cc1. The molecule has 0 radical (unpaired) electrons. The number of nitrogens with zero attached hydrogens (tertiary/aromatic N) is 1. The third-order valence-electron chi connectivity index (χ3n) is 6.48. The predicted octanol–water partition coefficient (Wildman–Crippen LogP) is 6.23. The molecular weight excluding hydrogens is 479 g/mol. The molecule has 4 rings (SSSR count). The standard InChI is InChI=1S/C29H30Cl2N2O2/c30-24-15-13-22(14-16-24)19-28(34)33(20-23-9-6-10-25(31)17-23)27(18-21-7-2-1-3-8-21)29(35)32-26-11-4-5-12-26/h1-3,6-10,13-17,26-27H,4-5,11-12,18-20H2,(H,32,35). The lowest BCUT2D eigenvalue weighted by Gasteiger charge is -2.32. The number of carbonyl (C=O) groups excluding carboxylic acids is 2. The third kappa shape index (κ3) is 7.33. The second kappa shape index (κ2) is 12.2. The maximum atomic E-state index is 13.7. The molecule has 0 saturated heterocycles. The van der Waals surface area contributed by atoms with E-state index < -0.39 is 6.04 Å². The van der Waals surface area contributed by atoms with Gasteiger partial charge in [0.05, 0.1) is 6.42 Å². The van der Waals surface area contributed by atoms with E-state index in [1.165, 1.54) is 0 Å². The smallest absolute Gasteiger partial charge is 0.243 e. The van der Waals surface area contributed by atoms with Gasteiger partial charge in [-0.25, -0.2) is 0 Å². The highest BCUT2D eigenvalue weighted by molar-refractivity contribution is 6.30. The van der Waals surface area contributed by atoms with Crippen LogP contribution in [0.4, 0.5) is 0 Å². The molecule has 6 heteroatoms. The van der Waals surface area contributed by atoms with E-state index in [4.69, 9.17) is 23.2 Å². The first-order chi connectivity index (χ1) is 17.0. The van der Waals surface area contributed by atoms with Crippen molar-refractivity contribution in [2.45, 2.75) is 57.2 Å². The number of halogens is 2. The maximum absolute atomic E-state index is 13.7. The number of carbonyl (C=O) groups is 2. The average molecular weight is 509 g/mol. The fourth-order valence-corrected chi connectivity index (χ4v) is 4.97. The predicted molar refractivity (Wildman–Crippen MR) is 141 cm³/mol. The summed E-state index contributed by atoms with van der Waals surface area (Å²) in [6.07, 6.45) is 4.83. The summed E-state index contributed by atoms with van der Waals surface area (Å²) in [6, 6.07) is 24.1. The van der Waals surface area contributed by atoms with Crippen molar-refractivity contribution in [1.29, 1.82) is 0 Å². The molecule has 2 amide bonds. The molecule has 1 N–H and O–H groups in total. The summed E-state index contributed by atoms with van der Waals surface area (Å²) < 4.78 is 0. The monoisotopic (exact) mass is 508 g/mol. The number of nitrogens with one attached hydrogen (secondary N) is 1. The summed E-state index contributed by atoms with van der Waals surface area (Å²) in [5, 5.41) is 4.45. The number of rotatable bonds is 9. The molecule has 0 aliphatic heterocycles. The molecule has 1 fully saturated rings. The Hall–Kier alpha value is -2.82. The van der Waals surface area contributed by atoms with E-state index in [1.807, 2.05) is 60.7 Å². The molecule has 182 valence electrons. The van der Waals surface area contributed by atoms with Gasteiger partial charge in [0.2, 0.25) is 11.8 Å². The molecule has 4 nitrogen and oxygen atoms in total. The molecule has 1 saturated carbocycles. The Labute approximate surface area is 217 Å². The van der Waals surface area contributed by atoms with Gasteiger partial charge in [-0.3, -0.25) is 9.59 Å². The largest absolute Gasteiger partial charge is 0.352 e. The first-order valence-electron chi connectivity index (χ1n) is 12.1. The number of hydrogen-bond donors (Lipinski definition) is 1. The van der Waals surface area contributed by atoms with E-state index in [-0.39, 0.29) is 24.3 Å². The Morgan fingerprint density at radius 1 is 0.829 bits per heavy atom. The van der Waals surface area contributed by atoms with Crippen LogP contribution in [0.25, 0.3) is 0 Å². The third-order valence-corrected chi connectivity index (χ3v) is 6.97. The van der Waals surface area contributed by atoms with Crippen LogP contribution in [-0.2, 0) is 29.0 Å². The maximum Gasteiger partial charge on any atom is 0.243 e. The molecule has 0 bridgehead atoms. The molecule has 1 unspecified atom stereocenters. The Kier molecular flexibility index (Phi) is 8.84. The van der Waals surface area contributed by atoms with Gasteiger partial charge in [-0.05, 0) is 53.8 Å². The zero-order valence-corrected chi connectivity index (χ0v) is 21.1. The lowest BCUT2D eigenvalue weighted by atomic mass is 10.0. The fraction of sp³-hybridized carbons (Fsp3) is 0.310. The second-order valence-electron chi connectivity index (χ2n) is 9.15. The van der Waals surface area contributed by atoms with E-state index >= 15 is 0 Å². The van der Waals surface area contributed by atoms with Gasteiger partial charge in [0.1, 0.15) is 6.04 Å². The fourth-order valence-electron chi connectivity index (χ4n) is 4.63. The van der Waals surface area contributed by atoms with Crippen LogP contribution in [0, 0.1) is 0 Å². The van der Waals surface area contributed by atoms with E-state index in [0.29, 0.717) is 23.0 Å². The summed E-state index contributed by atoms with van der Waals surface area (Å²) in [7, 11) is 0. The van der Waals surface area contributed by atoms with Crippen molar-refractivity contribution < 1.29 is 9.59 Å². The highest BCUT2D eigenvalue weighted by Gasteiger charge is 2.32. The minimum Gasteiger partial charge on any atom is -0.352 e. The van der Waals surface area contributed by atoms with Gasteiger partial charge in [0, 0.05) is 29.1 Å². The van der Waals surface area contributed by atoms with Crippen LogP contribution < -0.4 is 5.32 Å². The molecular formula is C29H30Cl2N2O2. The van der Waals surface area contributed by atoms with Crippen LogP contribution in [0.15, 0.2) is 78.9 Å². The summed E-state index contributed by atoms with van der Waals surface area (Å²) in [4.78, 5) is 29.1. The molecule has 0 heterocycles. The van der Waals surface area contributed by atoms with Crippen LogP contribution in [-0.4, -0.2) is 28.8 Å². The molecule has 0 aromatic heterocycles. The minimum absolute atomic E-state index is 0.104. The van der Waals surface area contributed by atoms with Crippen LogP contribution in [0.3, 0.4) is 0 Å². The van der Waals surface area contributed by atoms with E-state index in [2.05, 4.69) is 5.32 Å². The average Bonchev–Trinajstić information content (AvgIpc) is 3.36. The lowest BCUT2D eigenvalue weighted by Crippen LogP contribution is -2.52. The molecule has 3 aromatic rings. The highest BCUT2D eigenvalue weighted by atomic mass is 35.5. The Balaban J connectivity index is 1.65. The summed E-state index contributed by atoms with van der Waals surface area (Å²) in [6.45, 7) is 0.294. The molecule has 1 aliphatic carbocycles. The molecule has 1 aliphatic rings. The summed E-state index contributed by atoms with van der Waals surface area (Å²) in [5.74, 6) is -0.220. The van der Waals surface area contributed by atoms with Crippen molar-refractivity contribution in [2.24, 2.45) is 0 Å². The van der Waals surface area contributed by atoms with Gasteiger partial charge in [-0.15, -0.1) is 0 Å². The van der Waals surface area contributed by atoms with Gasteiger partial charge in [-0.2, -0.15) is 0 Å². The molecule has 3 aromatic carbocycles. The Bertz CT molecular complexity index is 1130. The van der Waals surface area contributed by atoms with Gasteiger partial charge in [0.25, 0.3) is 0 Å². The molecule has 0 spiro atoms. The zero-order chi connectivity index (χ0) is 24.6. The van der Waals surface area contributed by atoms with Crippen LogP contribution in [0.5, 0.6) is 0 Å². The molecule has 35 heavy (non-hydrogen) atoms. The van der Waals surface area contributed by atoms with E-state index in [0.717, 1.165) is 42.4 Å². The highest BCUT2D eigenvalue weighted by Crippen LogP contribution is 2.22. The zero-order valence-electron chi connectivity index (χ0n) is 19.6. The van der Waals surface area contributed by atoms with E-state index in [1.54, 1.807) is 23.1 Å². The van der Waals surface area contributed by atoms with Crippen molar-refractivity contribution in [3.8, 4) is 0 Å². The van der Waals surface area contributed by atoms with Crippen molar-refractivity contribution in [2.75, 3.05) is 0 Å². The van der Waals surface area contributed by atoms with Crippen molar-refractivity contribution >= 4 is 35.0 Å². The lowest BCUT2D eigenvalue weighted by molar-refractivity contribution is -0.141. The quantitative estimate of drug-likeness (QED) is 0.372. The number of hydrogen-bond acceptors (Lipinski definition) is 2. The van der Waals surface area contributed by atoms with Gasteiger partial charge in [-0.1, -0.05) is 90.6 Å². The van der Waals surface area contributed by atoms with Gasteiger partial charge < -0.3 is 10.2 Å². The van der Waals surface area contributed by atoms with Crippen LogP contribution in [0.1, 0.15) is 42.4 Å². The van der Waals surface area contributed by atoms with E-state index in [9.17, 15) is 9.59 Å². The first-order valence-corrected chi connectivity index (χ1v) is 12.9.